The lowest BCUT2D eigenvalue weighted by Crippen LogP contribution is -2.23. The average Bonchev–Trinajstić information content (AvgIpc) is 2.36. The van der Waals surface area contributed by atoms with Crippen molar-refractivity contribution in [1.29, 1.82) is 0 Å². The third-order valence-corrected chi connectivity index (χ3v) is 5.11. The largest absolute Gasteiger partial charge is 0.496 e. The van der Waals surface area contributed by atoms with Gasteiger partial charge in [-0.25, -0.2) is 8.42 Å². The normalized spacial score (nSPS) is 12.8. The second-order valence-electron chi connectivity index (χ2n) is 4.45. The number of sulfone groups is 1. The van der Waals surface area contributed by atoms with Crippen LogP contribution in [0, 0.1) is 5.92 Å². The molecule has 20 heavy (non-hydrogen) atoms. The molecular formula is C13H17BrO5S. The van der Waals surface area contributed by atoms with Crippen LogP contribution in [0.5, 0.6) is 5.75 Å². The minimum Gasteiger partial charge on any atom is -0.496 e. The fourth-order valence-electron chi connectivity index (χ4n) is 1.76. The van der Waals surface area contributed by atoms with E-state index in [1.165, 1.54) is 21.1 Å². The van der Waals surface area contributed by atoms with E-state index in [4.69, 9.17) is 4.74 Å². The first kappa shape index (κ1) is 17.0. The van der Waals surface area contributed by atoms with Gasteiger partial charge in [-0.2, -0.15) is 0 Å². The summed E-state index contributed by atoms with van der Waals surface area (Å²) in [4.78, 5) is 11.3. The molecule has 1 aromatic rings. The second kappa shape index (κ2) is 7.08. The summed E-state index contributed by atoms with van der Waals surface area (Å²) in [6.45, 7) is 1.54. The molecule has 0 bridgehead atoms. The van der Waals surface area contributed by atoms with E-state index in [-0.39, 0.29) is 11.5 Å². The molecule has 5 nitrogen and oxygen atoms in total. The van der Waals surface area contributed by atoms with Gasteiger partial charge in [0.15, 0.2) is 9.84 Å². The number of rotatable bonds is 6. The monoisotopic (exact) mass is 364 g/mol. The maximum atomic E-state index is 12.0. The Balaban J connectivity index is 2.81. The summed E-state index contributed by atoms with van der Waals surface area (Å²) in [6, 6.07) is 5.07. The highest BCUT2D eigenvalue weighted by Gasteiger charge is 2.22. The standard InChI is InChI=1S/C13H17BrO5S/c1-9(13(15)19-3)7-20(16,17)8-10-4-5-12(18-2)11(14)6-10/h4-6,9H,7-8H2,1-3H3. The lowest BCUT2D eigenvalue weighted by Gasteiger charge is -2.11. The van der Waals surface area contributed by atoms with Crippen LogP contribution in [-0.2, 0) is 25.1 Å². The summed E-state index contributed by atoms with van der Waals surface area (Å²) in [5.41, 5.74) is 0.634. The summed E-state index contributed by atoms with van der Waals surface area (Å²) in [6.07, 6.45) is 0. The summed E-state index contributed by atoms with van der Waals surface area (Å²) < 4.78 is 34.4. The molecule has 0 aromatic heterocycles. The number of halogens is 1. The van der Waals surface area contributed by atoms with E-state index in [0.717, 1.165) is 0 Å². The minimum absolute atomic E-state index is 0.128. The third-order valence-electron chi connectivity index (χ3n) is 2.71. The Kier molecular flexibility index (Phi) is 6.01. The fourth-order valence-corrected chi connectivity index (χ4v) is 4.05. The molecule has 7 heteroatoms. The Morgan fingerprint density at radius 1 is 1.35 bits per heavy atom. The van der Waals surface area contributed by atoms with E-state index in [0.29, 0.717) is 15.8 Å². The van der Waals surface area contributed by atoms with E-state index in [2.05, 4.69) is 20.7 Å². The summed E-state index contributed by atoms with van der Waals surface area (Å²) >= 11 is 3.31. The van der Waals surface area contributed by atoms with Crippen molar-refractivity contribution < 1.29 is 22.7 Å². The molecule has 0 N–H and O–H groups in total. The second-order valence-corrected chi connectivity index (χ2v) is 7.41. The number of methoxy groups -OCH3 is 2. The van der Waals surface area contributed by atoms with Gasteiger partial charge in [0.05, 0.1) is 36.1 Å². The maximum absolute atomic E-state index is 12.0. The quantitative estimate of drug-likeness (QED) is 0.723. The van der Waals surface area contributed by atoms with Crippen LogP contribution in [0.2, 0.25) is 0 Å². The van der Waals surface area contributed by atoms with Gasteiger partial charge in [-0.3, -0.25) is 4.79 Å². The zero-order valence-corrected chi connectivity index (χ0v) is 14.0. The van der Waals surface area contributed by atoms with Gasteiger partial charge >= 0.3 is 5.97 Å². The van der Waals surface area contributed by atoms with E-state index in [1.807, 2.05) is 0 Å². The number of hydrogen-bond donors (Lipinski definition) is 0. The molecule has 1 rings (SSSR count). The molecule has 112 valence electrons. The van der Waals surface area contributed by atoms with Crippen molar-refractivity contribution >= 4 is 31.7 Å². The molecule has 0 aliphatic rings. The number of ether oxygens (including phenoxy) is 2. The Morgan fingerprint density at radius 2 is 2.00 bits per heavy atom. The van der Waals surface area contributed by atoms with Crippen molar-refractivity contribution in [2.45, 2.75) is 12.7 Å². The Morgan fingerprint density at radius 3 is 2.50 bits per heavy atom. The van der Waals surface area contributed by atoms with Gasteiger partial charge in [0.2, 0.25) is 0 Å². The zero-order valence-electron chi connectivity index (χ0n) is 11.6. The van der Waals surface area contributed by atoms with Gasteiger partial charge in [-0.15, -0.1) is 0 Å². The molecule has 0 radical (unpaired) electrons. The molecular weight excluding hydrogens is 348 g/mol. The summed E-state index contributed by atoms with van der Waals surface area (Å²) in [5, 5.41) is 0. The molecule has 0 aliphatic carbocycles. The first-order chi connectivity index (χ1) is 9.29. The van der Waals surface area contributed by atoms with Crippen LogP contribution in [0.25, 0.3) is 0 Å². The summed E-state index contributed by atoms with van der Waals surface area (Å²) in [7, 11) is -0.609. The lowest BCUT2D eigenvalue weighted by atomic mass is 10.2. The number of carbonyl (C=O) groups is 1. The van der Waals surface area contributed by atoms with Crippen LogP contribution in [-0.4, -0.2) is 34.4 Å². The molecule has 0 amide bonds. The smallest absolute Gasteiger partial charge is 0.309 e. The van der Waals surface area contributed by atoms with Crippen LogP contribution in [0.15, 0.2) is 22.7 Å². The van der Waals surface area contributed by atoms with Gasteiger partial charge in [-0.1, -0.05) is 13.0 Å². The van der Waals surface area contributed by atoms with E-state index >= 15 is 0 Å². The molecule has 1 atom stereocenters. The van der Waals surface area contributed by atoms with Gasteiger partial charge < -0.3 is 9.47 Å². The van der Waals surface area contributed by atoms with Crippen LogP contribution in [0.3, 0.4) is 0 Å². The first-order valence-corrected chi connectivity index (χ1v) is 8.51. The lowest BCUT2D eigenvalue weighted by molar-refractivity contribution is -0.144. The number of hydrogen-bond acceptors (Lipinski definition) is 5. The zero-order chi connectivity index (χ0) is 15.3. The number of esters is 1. The van der Waals surface area contributed by atoms with E-state index in [1.54, 1.807) is 18.2 Å². The van der Waals surface area contributed by atoms with Crippen LogP contribution in [0.4, 0.5) is 0 Å². The highest BCUT2D eigenvalue weighted by Crippen LogP contribution is 2.26. The van der Waals surface area contributed by atoms with Crippen molar-refractivity contribution in [3.05, 3.63) is 28.2 Å². The Hall–Kier alpha value is -1.08. The van der Waals surface area contributed by atoms with Crippen molar-refractivity contribution in [2.24, 2.45) is 5.92 Å². The molecule has 1 aromatic carbocycles. The topological polar surface area (TPSA) is 69.7 Å². The predicted octanol–water partition coefficient (Wildman–Crippen LogP) is 2.18. The number of benzene rings is 1. The molecule has 1 unspecified atom stereocenters. The summed E-state index contributed by atoms with van der Waals surface area (Å²) in [5.74, 6) is -0.925. The van der Waals surface area contributed by atoms with E-state index < -0.39 is 21.7 Å². The van der Waals surface area contributed by atoms with E-state index in [9.17, 15) is 13.2 Å². The first-order valence-electron chi connectivity index (χ1n) is 5.89. The van der Waals surface area contributed by atoms with Crippen molar-refractivity contribution in [3.63, 3.8) is 0 Å². The Labute approximate surface area is 127 Å². The van der Waals surface area contributed by atoms with Gasteiger partial charge in [0.25, 0.3) is 0 Å². The van der Waals surface area contributed by atoms with Crippen molar-refractivity contribution in [1.82, 2.24) is 0 Å². The molecule has 0 aliphatic heterocycles. The fraction of sp³-hybridized carbons (Fsp3) is 0.462. The third kappa shape index (κ3) is 4.79. The average molecular weight is 365 g/mol. The van der Waals surface area contributed by atoms with Crippen molar-refractivity contribution in [3.8, 4) is 5.75 Å². The maximum Gasteiger partial charge on any atom is 0.309 e. The molecule has 0 spiro atoms. The van der Waals surface area contributed by atoms with Gasteiger partial charge in [0.1, 0.15) is 5.75 Å². The molecule has 0 heterocycles. The molecule has 0 fully saturated rings. The SMILES string of the molecule is COC(=O)C(C)CS(=O)(=O)Cc1ccc(OC)c(Br)c1. The number of carbonyl (C=O) groups excluding carboxylic acids is 1. The highest BCUT2D eigenvalue weighted by molar-refractivity contribution is 9.10. The minimum atomic E-state index is -3.39. The molecule has 0 saturated heterocycles. The van der Waals surface area contributed by atoms with Crippen LogP contribution >= 0.6 is 15.9 Å². The molecule has 0 saturated carbocycles. The van der Waals surface area contributed by atoms with Crippen LogP contribution in [0.1, 0.15) is 12.5 Å². The van der Waals surface area contributed by atoms with Gasteiger partial charge in [0, 0.05) is 0 Å². The Bertz CT molecular complexity index is 582. The van der Waals surface area contributed by atoms with Crippen molar-refractivity contribution in [2.75, 3.05) is 20.0 Å². The van der Waals surface area contributed by atoms with Gasteiger partial charge in [-0.05, 0) is 33.6 Å². The highest BCUT2D eigenvalue weighted by atomic mass is 79.9. The predicted molar refractivity (Wildman–Crippen MR) is 79.4 cm³/mol. The van der Waals surface area contributed by atoms with Crippen LogP contribution < -0.4 is 4.74 Å².